The predicted octanol–water partition coefficient (Wildman–Crippen LogP) is -1.94. The molecule has 0 aliphatic carbocycles. The summed E-state index contributed by atoms with van der Waals surface area (Å²) in [6.07, 6.45) is -16.3. The van der Waals surface area contributed by atoms with E-state index in [4.69, 9.17) is 42.6 Å². The highest BCUT2D eigenvalue weighted by atomic mass is 16.8. The molecule has 13 atom stereocenters. The van der Waals surface area contributed by atoms with Gasteiger partial charge in [0, 0.05) is 6.08 Å². The molecule has 19 heteroatoms. The SMILES string of the molecule is COc1cc(C=CC(=O)O[C@H]2[C@H](O[C@@H]3O[C@@H](C)[C@H](O)[C@@H](O)[C@H]3O)[C@@H](O)[C@H](OCCc3ccc(O)c(OC)c3)O[C@@H]2CO[C@@H]2OC[C@](O)(CO)[C@H]2O)ccc1O. The van der Waals surface area contributed by atoms with Crippen molar-refractivity contribution in [3.8, 4) is 23.0 Å². The summed E-state index contributed by atoms with van der Waals surface area (Å²) < 4.78 is 50.8. The molecule has 3 heterocycles. The lowest BCUT2D eigenvalue weighted by Crippen LogP contribution is -2.65. The molecule has 0 saturated carbocycles. The van der Waals surface area contributed by atoms with Crippen LogP contribution in [0.5, 0.6) is 23.0 Å². The van der Waals surface area contributed by atoms with Crippen molar-refractivity contribution >= 4 is 12.0 Å². The molecular formula is C36H48O19. The predicted molar refractivity (Wildman–Crippen MR) is 184 cm³/mol. The fourth-order valence-corrected chi connectivity index (χ4v) is 6.17. The molecule has 9 N–H and O–H groups in total. The zero-order valence-corrected chi connectivity index (χ0v) is 30.2. The first-order chi connectivity index (χ1) is 26.2. The molecule has 5 rings (SSSR count). The Morgan fingerprint density at radius 2 is 1.55 bits per heavy atom. The van der Waals surface area contributed by atoms with E-state index in [0.29, 0.717) is 11.1 Å². The Morgan fingerprint density at radius 3 is 2.22 bits per heavy atom. The summed E-state index contributed by atoms with van der Waals surface area (Å²) in [7, 11) is 2.74. The Bertz CT molecular complexity index is 1610. The van der Waals surface area contributed by atoms with Gasteiger partial charge in [-0.1, -0.05) is 12.1 Å². The molecule has 0 radical (unpaired) electrons. The molecule has 2 aromatic rings. The van der Waals surface area contributed by atoms with Crippen molar-refractivity contribution in [1.82, 2.24) is 0 Å². The van der Waals surface area contributed by atoms with E-state index in [9.17, 15) is 50.8 Å². The van der Waals surface area contributed by atoms with Crippen LogP contribution in [-0.2, 0) is 44.4 Å². The van der Waals surface area contributed by atoms with Crippen LogP contribution >= 0.6 is 0 Å². The molecule has 3 aliphatic heterocycles. The number of benzene rings is 2. The minimum Gasteiger partial charge on any atom is -0.504 e. The van der Waals surface area contributed by atoms with Crippen LogP contribution < -0.4 is 9.47 Å². The van der Waals surface area contributed by atoms with Crippen molar-refractivity contribution in [2.75, 3.05) is 40.6 Å². The van der Waals surface area contributed by atoms with Gasteiger partial charge in [-0.25, -0.2) is 4.79 Å². The lowest BCUT2D eigenvalue weighted by atomic mass is 9.96. The van der Waals surface area contributed by atoms with E-state index in [1.54, 1.807) is 12.1 Å². The molecule has 2 aromatic carbocycles. The van der Waals surface area contributed by atoms with Gasteiger partial charge in [-0.2, -0.15) is 0 Å². The van der Waals surface area contributed by atoms with Gasteiger partial charge in [0.15, 0.2) is 48.0 Å². The van der Waals surface area contributed by atoms with Crippen molar-refractivity contribution in [2.45, 2.75) is 92.8 Å². The van der Waals surface area contributed by atoms with E-state index in [1.165, 1.54) is 51.5 Å². The van der Waals surface area contributed by atoms with Gasteiger partial charge in [-0.15, -0.1) is 0 Å². The smallest absolute Gasteiger partial charge is 0.331 e. The number of aliphatic hydroxyl groups is 7. The number of hydrogen-bond acceptors (Lipinski definition) is 19. The van der Waals surface area contributed by atoms with Gasteiger partial charge >= 0.3 is 5.97 Å². The van der Waals surface area contributed by atoms with Crippen LogP contribution in [0.3, 0.4) is 0 Å². The fraction of sp³-hybridized carbons (Fsp3) is 0.583. The molecule has 19 nitrogen and oxygen atoms in total. The second-order valence-electron chi connectivity index (χ2n) is 13.3. The maximum atomic E-state index is 13.4. The van der Waals surface area contributed by atoms with Gasteiger partial charge in [0.05, 0.1) is 46.8 Å². The second-order valence-corrected chi connectivity index (χ2v) is 13.3. The summed E-state index contributed by atoms with van der Waals surface area (Å²) in [5.74, 6) is -0.847. The standard InChI is InChI=1S/C36H48O19/c1-17-26(41)27(42)28(43)34(52-17)55-31-29(44)33(49-11-10-19-5-8-21(39)23(13-19)48-3)53-24(14-50-35-32(45)36(46,15-37)16-51-35)30(31)54-25(40)9-6-18-4-7-20(38)22(12-18)47-2/h4-9,12-13,17,24,26-35,37-39,41-46H,10-11,14-16H2,1-3H3/t17-,24+,26-,27+,28+,29+,30+,31+,32-,33+,34-,35+,36+/m0/s1. The lowest BCUT2D eigenvalue weighted by molar-refractivity contribution is -0.360. The Kier molecular flexibility index (Phi) is 14.3. The molecule has 0 bridgehead atoms. The Hall–Kier alpha value is -3.67. The van der Waals surface area contributed by atoms with Gasteiger partial charge in [0.25, 0.3) is 0 Å². The van der Waals surface area contributed by atoms with Crippen LogP contribution in [0.15, 0.2) is 42.5 Å². The maximum Gasteiger partial charge on any atom is 0.331 e. The number of phenols is 2. The number of phenolic OH excluding ortho intramolecular Hbond substituents is 2. The molecule has 306 valence electrons. The molecule has 0 unspecified atom stereocenters. The average molecular weight is 785 g/mol. The summed E-state index contributed by atoms with van der Waals surface area (Å²) in [4.78, 5) is 13.4. The van der Waals surface area contributed by atoms with Crippen LogP contribution in [0, 0.1) is 0 Å². The van der Waals surface area contributed by atoms with E-state index in [-0.39, 0.29) is 36.0 Å². The molecule has 3 aliphatic rings. The Balaban J connectivity index is 1.42. The summed E-state index contributed by atoms with van der Waals surface area (Å²) in [6, 6.07) is 8.94. The maximum absolute atomic E-state index is 13.4. The van der Waals surface area contributed by atoms with Gasteiger partial charge in [-0.3, -0.25) is 0 Å². The number of carbonyl (C=O) groups excluding carboxylic acids is 1. The van der Waals surface area contributed by atoms with E-state index in [0.717, 1.165) is 6.08 Å². The van der Waals surface area contributed by atoms with Gasteiger partial charge in [-0.05, 0) is 54.8 Å². The largest absolute Gasteiger partial charge is 0.504 e. The van der Waals surface area contributed by atoms with E-state index in [1.807, 2.05) is 0 Å². The summed E-state index contributed by atoms with van der Waals surface area (Å²) in [5, 5.41) is 93.8. The highest BCUT2D eigenvalue weighted by molar-refractivity contribution is 5.87. The number of esters is 1. The Morgan fingerprint density at radius 1 is 0.855 bits per heavy atom. The highest BCUT2D eigenvalue weighted by Gasteiger charge is 2.54. The van der Waals surface area contributed by atoms with Crippen molar-refractivity contribution in [2.24, 2.45) is 0 Å². The van der Waals surface area contributed by atoms with E-state index in [2.05, 4.69) is 0 Å². The van der Waals surface area contributed by atoms with Crippen LogP contribution in [0.25, 0.3) is 6.08 Å². The number of aromatic hydroxyl groups is 2. The number of aliphatic hydroxyl groups excluding tert-OH is 6. The molecular weight excluding hydrogens is 736 g/mol. The van der Waals surface area contributed by atoms with Crippen LogP contribution in [-0.4, -0.2) is 172 Å². The van der Waals surface area contributed by atoms with Crippen molar-refractivity contribution in [3.63, 3.8) is 0 Å². The van der Waals surface area contributed by atoms with Crippen molar-refractivity contribution < 1.29 is 93.4 Å². The summed E-state index contributed by atoms with van der Waals surface area (Å²) in [6.45, 7) is -0.557. The van der Waals surface area contributed by atoms with Crippen LogP contribution in [0.4, 0.5) is 0 Å². The number of ether oxygens (including phenoxy) is 9. The fourth-order valence-electron chi connectivity index (χ4n) is 6.17. The summed E-state index contributed by atoms with van der Waals surface area (Å²) >= 11 is 0. The number of hydrogen-bond donors (Lipinski definition) is 9. The quantitative estimate of drug-likeness (QED) is 0.0701. The summed E-state index contributed by atoms with van der Waals surface area (Å²) in [5.41, 5.74) is -0.920. The third kappa shape index (κ3) is 9.84. The highest BCUT2D eigenvalue weighted by Crippen LogP contribution is 2.34. The topological polar surface area (TPSA) is 282 Å². The molecule has 55 heavy (non-hydrogen) atoms. The van der Waals surface area contributed by atoms with Gasteiger partial charge in [0.2, 0.25) is 0 Å². The first kappa shape index (κ1) is 42.5. The van der Waals surface area contributed by atoms with Crippen LogP contribution in [0.2, 0.25) is 0 Å². The zero-order chi connectivity index (χ0) is 40.0. The molecule has 0 amide bonds. The molecule has 3 fully saturated rings. The molecule has 0 aromatic heterocycles. The van der Waals surface area contributed by atoms with Crippen molar-refractivity contribution in [1.29, 1.82) is 0 Å². The second kappa shape index (κ2) is 18.5. The Labute approximate surface area is 315 Å². The minimum atomic E-state index is -2.04. The lowest BCUT2D eigenvalue weighted by Gasteiger charge is -2.46. The monoisotopic (exact) mass is 784 g/mol. The minimum absolute atomic E-state index is 0.0767. The number of rotatable bonds is 15. The average Bonchev–Trinajstić information content (AvgIpc) is 3.47. The normalized spacial score (nSPS) is 35.2. The third-order valence-electron chi connectivity index (χ3n) is 9.50. The van der Waals surface area contributed by atoms with Crippen molar-refractivity contribution in [3.05, 3.63) is 53.6 Å². The number of carbonyl (C=O) groups is 1. The molecule has 3 saturated heterocycles. The number of methoxy groups -OCH3 is 2. The van der Waals surface area contributed by atoms with Crippen LogP contribution in [0.1, 0.15) is 18.1 Å². The van der Waals surface area contributed by atoms with Gasteiger partial charge in [0.1, 0.15) is 48.3 Å². The van der Waals surface area contributed by atoms with E-state index < -0.39 is 105 Å². The first-order valence-corrected chi connectivity index (χ1v) is 17.4. The van der Waals surface area contributed by atoms with E-state index >= 15 is 0 Å². The first-order valence-electron chi connectivity index (χ1n) is 17.4. The third-order valence-corrected chi connectivity index (χ3v) is 9.50. The van der Waals surface area contributed by atoms with Gasteiger partial charge < -0.3 is 88.6 Å². The molecule has 0 spiro atoms. The zero-order valence-electron chi connectivity index (χ0n) is 30.2.